The first-order valence-corrected chi connectivity index (χ1v) is 6.92. The lowest BCUT2D eigenvalue weighted by molar-refractivity contribution is -0.120. The van der Waals surface area contributed by atoms with Gasteiger partial charge in [-0.1, -0.05) is 35.8 Å². The van der Waals surface area contributed by atoms with Crippen molar-refractivity contribution < 1.29 is 9.53 Å². The molecule has 0 aliphatic rings. The van der Waals surface area contributed by atoms with Crippen LogP contribution in [0.1, 0.15) is 38.3 Å². The molecule has 19 heavy (non-hydrogen) atoms. The summed E-state index contributed by atoms with van der Waals surface area (Å²) in [5, 5.41) is 0. The van der Waals surface area contributed by atoms with Gasteiger partial charge in [0.15, 0.2) is 0 Å². The molecule has 1 atom stereocenters. The average molecular weight is 329 g/mol. The molecule has 0 aliphatic heterocycles. The molecule has 0 heterocycles. The molecule has 0 bridgehead atoms. The number of ether oxygens (including phenoxy) is 1. The second-order valence-corrected chi connectivity index (χ2v) is 6.36. The minimum atomic E-state index is -0.300. The first-order chi connectivity index (χ1) is 8.75. The van der Waals surface area contributed by atoms with E-state index in [0.717, 1.165) is 15.8 Å². The van der Waals surface area contributed by atoms with Crippen LogP contribution < -0.4 is 16.2 Å². The fraction of sp³-hybridized carbons (Fsp3) is 0.500. The van der Waals surface area contributed by atoms with Crippen molar-refractivity contribution in [3.63, 3.8) is 0 Å². The molecule has 0 aliphatic carbocycles. The monoisotopic (exact) mass is 328 g/mol. The predicted molar refractivity (Wildman–Crippen MR) is 79.8 cm³/mol. The van der Waals surface area contributed by atoms with E-state index in [0.29, 0.717) is 12.8 Å². The Balaban J connectivity index is 2.83. The Morgan fingerprint density at radius 1 is 1.47 bits per heavy atom. The number of carbonyl (C=O) groups excluding carboxylic acids is 1. The van der Waals surface area contributed by atoms with E-state index in [1.165, 1.54) is 0 Å². The highest BCUT2D eigenvalue weighted by Crippen LogP contribution is 2.35. The topological polar surface area (TPSA) is 78.3 Å². The first kappa shape index (κ1) is 16.0. The van der Waals surface area contributed by atoms with Crippen molar-refractivity contribution in [1.29, 1.82) is 0 Å². The summed E-state index contributed by atoms with van der Waals surface area (Å²) < 4.78 is 6.06. The van der Waals surface area contributed by atoms with Crippen LogP contribution in [-0.4, -0.2) is 13.0 Å². The fourth-order valence-electron chi connectivity index (χ4n) is 2.18. The van der Waals surface area contributed by atoms with Crippen LogP contribution in [0.2, 0.25) is 0 Å². The van der Waals surface area contributed by atoms with Gasteiger partial charge in [0.05, 0.1) is 7.11 Å². The van der Waals surface area contributed by atoms with Crippen molar-refractivity contribution >= 4 is 21.8 Å². The maximum Gasteiger partial charge on any atom is 0.217 e. The summed E-state index contributed by atoms with van der Waals surface area (Å²) in [7, 11) is 1.62. The van der Waals surface area contributed by atoms with Gasteiger partial charge in [0.25, 0.3) is 0 Å². The molecule has 106 valence electrons. The lowest BCUT2D eigenvalue weighted by atomic mass is 9.81. The Bertz CT molecular complexity index is 461. The van der Waals surface area contributed by atoms with E-state index in [-0.39, 0.29) is 17.4 Å². The zero-order valence-corrected chi connectivity index (χ0v) is 13.2. The average Bonchev–Trinajstić information content (AvgIpc) is 2.25. The second-order valence-electron chi connectivity index (χ2n) is 5.51. The molecule has 1 aromatic carbocycles. The SMILES string of the molecule is COc1ccc(C(N)CC(C)(C)CC(N)=O)c(Br)c1. The van der Waals surface area contributed by atoms with Crippen LogP contribution >= 0.6 is 15.9 Å². The molecule has 1 amide bonds. The zero-order valence-electron chi connectivity index (χ0n) is 11.6. The molecule has 5 heteroatoms. The van der Waals surface area contributed by atoms with Crippen LogP contribution in [-0.2, 0) is 4.79 Å². The molecule has 0 radical (unpaired) electrons. The minimum Gasteiger partial charge on any atom is -0.497 e. The van der Waals surface area contributed by atoms with Crippen molar-refractivity contribution in [2.45, 2.75) is 32.7 Å². The molecule has 4 nitrogen and oxygen atoms in total. The van der Waals surface area contributed by atoms with Gasteiger partial charge in [0.1, 0.15) is 5.75 Å². The fourth-order valence-corrected chi connectivity index (χ4v) is 2.84. The quantitative estimate of drug-likeness (QED) is 0.842. The summed E-state index contributed by atoms with van der Waals surface area (Å²) in [4.78, 5) is 11.0. The smallest absolute Gasteiger partial charge is 0.217 e. The van der Waals surface area contributed by atoms with E-state index in [1.807, 2.05) is 32.0 Å². The molecule has 0 fully saturated rings. The lowest BCUT2D eigenvalue weighted by Crippen LogP contribution is -2.27. The maximum absolute atomic E-state index is 11.0. The Hall–Kier alpha value is -1.07. The number of rotatable bonds is 6. The van der Waals surface area contributed by atoms with Gasteiger partial charge in [0, 0.05) is 16.9 Å². The van der Waals surface area contributed by atoms with Crippen LogP contribution in [0.25, 0.3) is 0 Å². The molecule has 1 unspecified atom stereocenters. The van der Waals surface area contributed by atoms with Crippen LogP contribution in [0.5, 0.6) is 5.75 Å². The van der Waals surface area contributed by atoms with Gasteiger partial charge in [-0.05, 0) is 29.5 Å². The number of amides is 1. The van der Waals surface area contributed by atoms with Gasteiger partial charge >= 0.3 is 0 Å². The summed E-state index contributed by atoms with van der Waals surface area (Å²) in [5.74, 6) is 0.477. The van der Waals surface area contributed by atoms with E-state index in [9.17, 15) is 4.79 Å². The number of primary amides is 1. The number of hydrogen-bond donors (Lipinski definition) is 2. The maximum atomic E-state index is 11.0. The highest BCUT2D eigenvalue weighted by Gasteiger charge is 2.25. The number of hydrogen-bond acceptors (Lipinski definition) is 3. The molecule has 1 aromatic rings. The van der Waals surface area contributed by atoms with Crippen molar-refractivity contribution in [1.82, 2.24) is 0 Å². The Morgan fingerprint density at radius 3 is 2.58 bits per heavy atom. The minimum absolute atomic E-state index is 0.158. The largest absolute Gasteiger partial charge is 0.497 e. The van der Waals surface area contributed by atoms with Crippen LogP contribution in [0.15, 0.2) is 22.7 Å². The Labute approximate surface area is 122 Å². The Morgan fingerprint density at radius 2 is 2.11 bits per heavy atom. The summed E-state index contributed by atoms with van der Waals surface area (Å²) in [6, 6.07) is 5.54. The molecular formula is C14H21BrN2O2. The highest BCUT2D eigenvalue weighted by atomic mass is 79.9. The predicted octanol–water partition coefficient (Wildman–Crippen LogP) is 2.75. The van der Waals surface area contributed by atoms with E-state index in [4.69, 9.17) is 16.2 Å². The van der Waals surface area contributed by atoms with Gasteiger partial charge in [-0.3, -0.25) is 4.79 Å². The van der Waals surface area contributed by atoms with Gasteiger partial charge in [0.2, 0.25) is 5.91 Å². The molecule has 0 aromatic heterocycles. The molecular weight excluding hydrogens is 308 g/mol. The van der Waals surface area contributed by atoms with E-state index < -0.39 is 0 Å². The highest BCUT2D eigenvalue weighted by molar-refractivity contribution is 9.10. The second kappa shape index (κ2) is 6.39. The van der Waals surface area contributed by atoms with E-state index in [2.05, 4.69) is 15.9 Å². The van der Waals surface area contributed by atoms with Gasteiger partial charge in [-0.15, -0.1) is 0 Å². The number of methoxy groups -OCH3 is 1. The van der Waals surface area contributed by atoms with Crippen molar-refractivity contribution in [3.05, 3.63) is 28.2 Å². The Kier molecular flexibility index (Phi) is 5.38. The third-order valence-corrected chi connectivity index (χ3v) is 3.72. The summed E-state index contributed by atoms with van der Waals surface area (Å²) >= 11 is 3.50. The number of halogens is 1. The lowest BCUT2D eigenvalue weighted by Gasteiger charge is -2.27. The normalized spacial score (nSPS) is 13.1. The number of nitrogens with two attached hydrogens (primary N) is 2. The third-order valence-electron chi connectivity index (χ3n) is 3.03. The molecule has 1 rings (SSSR count). The molecule has 4 N–H and O–H groups in total. The molecule has 0 spiro atoms. The van der Waals surface area contributed by atoms with Crippen LogP contribution in [0.4, 0.5) is 0 Å². The zero-order chi connectivity index (χ0) is 14.6. The van der Waals surface area contributed by atoms with Crippen LogP contribution in [0, 0.1) is 5.41 Å². The number of benzene rings is 1. The summed E-state index contributed by atoms with van der Waals surface area (Å²) in [5.41, 5.74) is 12.3. The first-order valence-electron chi connectivity index (χ1n) is 6.12. The van der Waals surface area contributed by atoms with Crippen molar-refractivity contribution in [2.75, 3.05) is 7.11 Å². The van der Waals surface area contributed by atoms with Crippen molar-refractivity contribution in [3.8, 4) is 5.75 Å². The van der Waals surface area contributed by atoms with Gasteiger partial charge < -0.3 is 16.2 Å². The van der Waals surface area contributed by atoms with Gasteiger partial charge in [-0.25, -0.2) is 0 Å². The van der Waals surface area contributed by atoms with Crippen LogP contribution in [0.3, 0.4) is 0 Å². The third kappa shape index (κ3) is 4.84. The summed E-state index contributed by atoms with van der Waals surface area (Å²) in [6.45, 7) is 3.99. The van der Waals surface area contributed by atoms with Crippen molar-refractivity contribution in [2.24, 2.45) is 16.9 Å². The molecule has 0 saturated heterocycles. The van der Waals surface area contributed by atoms with Gasteiger partial charge in [-0.2, -0.15) is 0 Å². The summed E-state index contributed by atoms with van der Waals surface area (Å²) in [6.07, 6.45) is 1.01. The molecule has 0 saturated carbocycles. The standard InChI is InChI=1S/C14H21BrN2O2/c1-14(2,8-13(17)18)7-12(16)10-5-4-9(19-3)6-11(10)15/h4-6,12H,7-8,16H2,1-3H3,(H2,17,18). The van der Waals surface area contributed by atoms with E-state index >= 15 is 0 Å². The van der Waals surface area contributed by atoms with E-state index in [1.54, 1.807) is 7.11 Å². The number of carbonyl (C=O) groups is 1.